The first-order valence-corrected chi connectivity index (χ1v) is 7.39. The lowest BCUT2D eigenvalue weighted by Crippen LogP contribution is -2.22. The largest absolute Gasteiger partial charge is 0.495 e. The van der Waals surface area contributed by atoms with E-state index in [1.54, 1.807) is 12.1 Å². The molecule has 0 unspecified atom stereocenters. The Morgan fingerprint density at radius 2 is 1.89 bits per heavy atom. The molecule has 18 heavy (non-hydrogen) atoms. The fourth-order valence-corrected chi connectivity index (χ4v) is 2.49. The molecular weight excluding hydrogens is 252 g/mol. The number of nitrogens with two attached hydrogens (primary N) is 1. The van der Waals surface area contributed by atoms with Gasteiger partial charge in [-0.25, -0.2) is 13.6 Å². The van der Waals surface area contributed by atoms with E-state index in [4.69, 9.17) is 9.88 Å². The molecule has 0 aliphatic rings. The minimum absolute atomic E-state index is 0.0367. The molecule has 0 saturated heterocycles. The Hall–Kier alpha value is -1.11. The van der Waals surface area contributed by atoms with E-state index in [1.807, 2.05) is 6.07 Å². The number of sulfonamides is 1. The van der Waals surface area contributed by atoms with Gasteiger partial charge in [-0.1, -0.05) is 19.9 Å². The van der Waals surface area contributed by atoms with Crippen LogP contribution in [0.5, 0.6) is 5.75 Å². The van der Waals surface area contributed by atoms with E-state index in [1.165, 1.54) is 7.11 Å². The zero-order chi connectivity index (χ0) is 13.8. The van der Waals surface area contributed by atoms with E-state index in [0.717, 1.165) is 18.7 Å². The standard InChI is InChI=1S/C12H20N2O3S/c1-4-14(5-2)9-10-6-7-11(17-3)12(8-10)18(13,15)16/h6-8H,4-5,9H2,1-3H3,(H2,13,15,16). The van der Waals surface area contributed by atoms with Crippen molar-refractivity contribution in [3.8, 4) is 5.75 Å². The highest BCUT2D eigenvalue weighted by Gasteiger charge is 2.16. The molecule has 0 fully saturated rings. The number of hydrogen-bond acceptors (Lipinski definition) is 4. The summed E-state index contributed by atoms with van der Waals surface area (Å²) in [5.41, 5.74) is 0.906. The van der Waals surface area contributed by atoms with Gasteiger partial charge in [-0.3, -0.25) is 4.90 Å². The predicted molar refractivity (Wildman–Crippen MR) is 71.0 cm³/mol. The number of ether oxygens (including phenoxy) is 1. The van der Waals surface area contributed by atoms with Crippen molar-refractivity contribution in [1.82, 2.24) is 4.90 Å². The molecular formula is C12H20N2O3S. The number of rotatable bonds is 6. The molecule has 102 valence electrons. The maximum atomic E-state index is 11.5. The highest BCUT2D eigenvalue weighted by molar-refractivity contribution is 7.89. The van der Waals surface area contributed by atoms with Gasteiger partial charge >= 0.3 is 0 Å². The van der Waals surface area contributed by atoms with Crippen molar-refractivity contribution in [3.05, 3.63) is 23.8 Å². The van der Waals surface area contributed by atoms with E-state index in [0.29, 0.717) is 6.54 Å². The summed E-state index contributed by atoms with van der Waals surface area (Å²) in [5.74, 6) is 0.279. The maximum Gasteiger partial charge on any atom is 0.241 e. The van der Waals surface area contributed by atoms with Crippen LogP contribution >= 0.6 is 0 Å². The first-order valence-electron chi connectivity index (χ1n) is 5.84. The fourth-order valence-electron chi connectivity index (χ4n) is 1.75. The summed E-state index contributed by atoms with van der Waals surface area (Å²) < 4.78 is 28.0. The third kappa shape index (κ3) is 3.69. The van der Waals surface area contributed by atoms with Crippen molar-refractivity contribution in [1.29, 1.82) is 0 Å². The van der Waals surface area contributed by atoms with E-state index in [-0.39, 0.29) is 10.6 Å². The van der Waals surface area contributed by atoms with Crippen molar-refractivity contribution in [3.63, 3.8) is 0 Å². The Balaban J connectivity index is 3.11. The Labute approximate surface area is 109 Å². The van der Waals surface area contributed by atoms with Crippen LogP contribution in [0.15, 0.2) is 23.1 Å². The maximum absolute atomic E-state index is 11.5. The molecule has 0 saturated carbocycles. The summed E-state index contributed by atoms with van der Waals surface area (Å²) in [7, 11) is -2.34. The Bertz CT molecular complexity index is 496. The van der Waals surface area contributed by atoms with Crippen LogP contribution in [0.1, 0.15) is 19.4 Å². The van der Waals surface area contributed by atoms with Gasteiger partial charge in [0.1, 0.15) is 10.6 Å². The van der Waals surface area contributed by atoms with Crippen molar-refractivity contribution in [2.45, 2.75) is 25.3 Å². The van der Waals surface area contributed by atoms with Gasteiger partial charge in [-0.2, -0.15) is 0 Å². The van der Waals surface area contributed by atoms with Crippen molar-refractivity contribution in [2.24, 2.45) is 5.14 Å². The van der Waals surface area contributed by atoms with Gasteiger partial charge < -0.3 is 4.74 Å². The summed E-state index contributed by atoms with van der Waals surface area (Å²) in [6, 6.07) is 5.07. The Kier molecular flexibility index (Phi) is 5.13. The second-order valence-corrected chi connectivity index (χ2v) is 5.52. The van der Waals surface area contributed by atoms with E-state index in [2.05, 4.69) is 18.7 Å². The quantitative estimate of drug-likeness (QED) is 0.844. The minimum atomic E-state index is -3.76. The lowest BCUT2D eigenvalue weighted by Gasteiger charge is -2.18. The van der Waals surface area contributed by atoms with Gasteiger partial charge in [0.05, 0.1) is 7.11 Å². The first kappa shape index (κ1) is 14.9. The highest BCUT2D eigenvalue weighted by Crippen LogP contribution is 2.24. The lowest BCUT2D eigenvalue weighted by atomic mass is 10.2. The fraction of sp³-hybridized carbons (Fsp3) is 0.500. The summed E-state index contributed by atoms with van der Waals surface area (Å²) >= 11 is 0. The molecule has 0 bridgehead atoms. The zero-order valence-electron chi connectivity index (χ0n) is 11.0. The highest BCUT2D eigenvalue weighted by atomic mass is 32.2. The van der Waals surface area contributed by atoms with Crippen LogP contribution < -0.4 is 9.88 Å². The van der Waals surface area contributed by atoms with E-state index in [9.17, 15) is 8.42 Å². The van der Waals surface area contributed by atoms with Crippen molar-refractivity contribution in [2.75, 3.05) is 20.2 Å². The Morgan fingerprint density at radius 3 is 2.33 bits per heavy atom. The monoisotopic (exact) mass is 272 g/mol. The minimum Gasteiger partial charge on any atom is -0.495 e. The van der Waals surface area contributed by atoms with Gasteiger partial charge in [0.15, 0.2) is 0 Å². The number of methoxy groups -OCH3 is 1. The summed E-state index contributed by atoms with van der Waals surface area (Å²) in [4.78, 5) is 2.23. The van der Waals surface area contributed by atoms with Crippen LogP contribution in [0.25, 0.3) is 0 Å². The van der Waals surface area contributed by atoms with Crippen molar-refractivity contribution < 1.29 is 13.2 Å². The predicted octanol–water partition coefficient (Wildman–Crippen LogP) is 1.18. The Morgan fingerprint density at radius 1 is 1.28 bits per heavy atom. The molecule has 0 aromatic heterocycles. The number of benzene rings is 1. The lowest BCUT2D eigenvalue weighted by molar-refractivity contribution is 0.295. The smallest absolute Gasteiger partial charge is 0.241 e. The van der Waals surface area contributed by atoms with E-state index < -0.39 is 10.0 Å². The average molecular weight is 272 g/mol. The topological polar surface area (TPSA) is 72.6 Å². The third-order valence-electron chi connectivity index (χ3n) is 2.84. The number of hydrogen-bond donors (Lipinski definition) is 1. The second kappa shape index (κ2) is 6.17. The van der Waals surface area contributed by atoms with Crippen LogP contribution in [0.3, 0.4) is 0 Å². The molecule has 0 aliphatic heterocycles. The molecule has 0 radical (unpaired) electrons. The third-order valence-corrected chi connectivity index (χ3v) is 3.77. The molecule has 5 nitrogen and oxygen atoms in total. The van der Waals surface area contributed by atoms with Gasteiger partial charge in [0, 0.05) is 6.54 Å². The summed E-state index contributed by atoms with van der Waals surface area (Å²) in [6.07, 6.45) is 0. The number of primary sulfonamides is 1. The zero-order valence-corrected chi connectivity index (χ0v) is 11.8. The molecule has 1 aromatic rings. The van der Waals surface area contributed by atoms with Gasteiger partial charge in [0.2, 0.25) is 10.0 Å². The molecule has 0 amide bonds. The van der Waals surface area contributed by atoms with Gasteiger partial charge in [-0.15, -0.1) is 0 Å². The molecule has 0 atom stereocenters. The van der Waals surface area contributed by atoms with Crippen LogP contribution in [-0.4, -0.2) is 33.5 Å². The summed E-state index contributed by atoms with van der Waals surface area (Å²) in [6.45, 7) is 6.64. The normalized spacial score (nSPS) is 11.8. The first-order chi connectivity index (χ1) is 8.42. The van der Waals surface area contributed by atoms with Crippen LogP contribution in [0.4, 0.5) is 0 Å². The molecule has 1 aromatic carbocycles. The average Bonchev–Trinajstić information content (AvgIpc) is 2.34. The molecule has 0 spiro atoms. The van der Waals surface area contributed by atoms with Crippen LogP contribution in [0, 0.1) is 0 Å². The molecule has 1 rings (SSSR count). The molecule has 2 N–H and O–H groups in total. The van der Waals surface area contributed by atoms with Crippen molar-refractivity contribution >= 4 is 10.0 Å². The SMILES string of the molecule is CCN(CC)Cc1ccc(OC)c(S(N)(=O)=O)c1. The molecule has 6 heteroatoms. The summed E-state index contributed by atoms with van der Waals surface area (Å²) in [5, 5.41) is 5.18. The number of nitrogens with zero attached hydrogens (tertiary/aromatic N) is 1. The van der Waals surface area contributed by atoms with Crippen LogP contribution in [0.2, 0.25) is 0 Å². The molecule has 0 heterocycles. The van der Waals surface area contributed by atoms with Gasteiger partial charge in [-0.05, 0) is 30.8 Å². The van der Waals surface area contributed by atoms with Crippen LogP contribution in [-0.2, 0) is 16.6 Å². The second-order valence-electron chi connectivity index (χ2n) is 3.99. The van der Waals surface area contributed by atoms with Gasteiger partial charge in [0.25, 0.3) is 0 Å². The van der Waals surface area contributed by atoms with E-state index >= 15 is 0 Å². The molecule has 0 aliphatic carbocycles.